The van der Waals surface area contributed by atoms with Gasteiger partial charge < -0.3 is 22.6 Å². The third kappa shape index (κ3) is 8.76. The minimum Gasteiger partial charge on any atom is -0.394 e. The monoisotopic (exact) mass is 454 g/mol. The molecule has 0 aromatic heterocycles. The molecule has 0 N–H and O–H groups in total. The van der Waals surface area contributed by atoms with Crippen molar-refractivity contribution >= 4 is 15.4 Å². The fourth-order valence-corrected chi connectivity index (χ4v) is 5.29. The number of hydrogen-bond acceptors (Lipinski definition) is 7. The van der Waals surface area contributed by atoms with Gasteiger partial charge in [-0.25, -0.2) is 0 Å². The van der Waals surface area contributed by atoms with Crippen LogP contribution in [0, 0.1) is 0 Å². The molecule has 0 atom stereocenters. The molecular formula is C21H28O7P2. The van der Waals surface area contributed by atoms with Gasteiger partial charge in [-0.05, 0) is 58.0 Å². The molecule has 0 unspecified atom stereocenters. The molecule has 9 heteroatoms. The Morgan fingerprint density at radius 3 is 1.60 bits per heavy atom. The Morgan fingerprint density at radius 1 is 0.767 bits per heavy atom. The van der Waals surface area contributed by atoms with Crippen molar-refractivity contribution in [2.24, 2.45) is 0 Å². The molecule has 0 saturated heterocycles. The van der Waals surface area contributed by atoms with E-state index in [1.807, 2.05) is 0 Å². The van der Waals surface area contributed by atoms with E-state index in [1.165, 1.54) is 6.08 Å². The summed E-state index contributed by atoms with van der Waals surface area (Å²) in [5.41, 5.74) is 0. The van der Waals surface area contributed by atoms with Crippen molar-refractivity contribution in [3.8, 4) is 11.5 Å². The van der Waals surface area contributed by atoms with Gasteiger partial charge in [-0.1, -0.05) is 36.4 Å². The maximum absolute atomic E-state index is 13.2. The van der Waals surface area contributed by atoms with Crippen LogP contribution >= 0.6 is 15.4 Å². The van der Waals surface area contributed by atoms with Crippen LogP contribution in [0.3, 0.4) is 0 Å². The first-order valence-electron chi connectivity index (χ1n) is 9.58. The molecule has 0 bridgehead atoms. The van der Waals surface area contributed by atoms with Crippen molar-refractivity contribution in [3.63, 3.8) is 0 Å². The van der Waals surface area contributed by atoms with Gasteiger partial charge in [-0.2, -0.15) is 4.57 Å². The lowest BCUT2D eigenvalue weighted by molar-refractivity contribution is 0.144. The highest BCUT2D eigenvalue weighted by Crippen LogP contribution is 2.52. The second-order valence-electron chi connectivity index (χ2n) is 6.83. The topological polar surface area (TPSA) is 80.3 Å². The molecule has 0 heterocycles. The van der Waals surface area contributed by atoms with Crippen LogP contribution in [0.5, 0.6) is 11.5 Å². The summed E-state index contributed by atoms with van der Waals surface area (Å²) in [5.74, 6) is 0.643. The van der Waals surface area contributed by atoms with E-state index in [-0.39, 0.29) is 18.4 Å². The van der Waals surface area contributed by atoms with Gasteiger partial charge in [-0.15, -0.1) is 0 Å². The Balaban J connectivity index is 2.12. The van der Waals surface area contributed by atoms with Crippen LogP contribution in [-0.4, -0.2) is 18.4 Å². The average Bonchev–Trinajstić information content (AvgIpc) is 2.65. The summed E-state index contributed by atoms with van der Waals surface area (Å²) in [6.07, 6.45) is 1.93. The molecule has 0 aliphatic heterocycles. The molecule has 0 fully saturated rings. The second-order valence-corrected chi connectivity index (χ2v) is 10.3. The Morgan fingerprint density at radius 2 is 1.20 bits per heavy atom. The summed E-state index contributed by atoms with van der Waals surface area (Å²) in [5, 5.41) is 0. The van der Waals surface area contributed by atoms with Gasteiger partial charge in [0, 0.05) is 0 Å². The minimum atomic E-state index is -4.06. The molecule has 0 spiro atoms. The van der Waals surface area contributed by atoms with Crippen molar-refractivity contribution in [2.75, 3.05) is 6.16 Å². The van der Waals surface area contributed by atoms with Crippen LogP contribution in [0.25, 0.3) is 0 Å². The van der Waals surface area contributed by atoms with E-state index in [0.29, 0.717) is 11.5 Å². The summed E-state index contributed by atoms with van der Waals surface area (Å²) in [4.78, 5) is 0. The number of rotatable bonds is 12. The SMILES string of the molecule is CC(C)OP(=O)(C/C=C/OP(=O)(Oc1ccccc1)Oc1ccccc1)OC(C)C. The van der Waals surface area contributed by atoms with Crippen molar-refractivity contribution in [1.29, 1.82) is 0 Å². The third-order valence-electron chi connectivity index (χ3n) is 3.28. The number of para-hydroxylation sites is 2. The van der Waals surface area contributed by atoms with Gasteiger partial charge >= 0.3 is 15.4 Å². The molecule has 2 aromatic rings. The summed E-state index contributed by atoms with van der Waals surface area (Å²) in [6, 6.07) is 17.1. The van der Waals surface area contributed by atoms with E-state index >= 15 is 0 Å². The lowest BCUT2D eigenvalue weighted by Crippen LogP contribution is -2.09. The van der Waals surface area contributed by atoms with Crippen molar-refractivity contribution < 1.29 is 31.7 Å². The Kier molecular flexibility index (Phi) is 9.19. The lowest BCUT2D eigenvalue weighted by Gasteiger charge is -2.21. The van der Waals surface area contributed by atoms with Crippen LogP contribution < -0.4 is 9.05 Å². The van der Waals surface area contributed by atoms with Crippen LogP contribution in [0.1, 0.15) is 27.7 Å². The molecule has 0 amide bonds. The molecule has 0 saturated carbocycles. The molecule has 7 nitrogen and oxygen atoms in total. The van der Waals surface area contributed by atoms with Gasteiger partial charge in [0.15, 0.2) is 0 Å². The largest absolute Gasteiger partial charge is 0.646 e. The van der Waals surface area contributed by atoms with Crippen molar-refractivity contribution in [1.82, 2.24) is 0 Å². The van der Waals surface area contributed by atoms with Crippen molar-refractivity contribution in [3.05, 3.63) is 73.0 Å². The summed E-state index contributed by atoms with van der Waals surface area (Å²) in [7, 11) is -7.44. The van der Waals surface area contributed by atoms with E-state index in [1.54, 1.807) is 88.4 Å². The molecule has 0 aliphatic carbocycles. The summed E-state index contributed by atoms with van der Waals surface area (Å²) < 4.78 is 53.3. The van der Waals surface area contributed by atoms with Crippen LogP contribution in [0.2, 0.25) is 0 Å². The molecule has 2 aromatic carbocycles. The Labute approximate surface area is 178 Å². The van der Waals surface area contributed by atoms with Crippen LogP contribution in [0.15, 0.2) is 73.0 Å². The number of phosphoric ester groups is 1. The molecule has 2 rings (SSSR count). The van der Waals surface area contributed by atoms with Gasteiger partial charge in [0.05, 0.1) is 24.6 Å². The van der Waals surface area contributed by atoms with Gasteiger partial charge in [-0.3, -0.25) is 4.57 Å². The Hall–Kier alpha value is -2.04. The van der Waals surface area contributed by atoms with E-state index in [4.69, 9.17) is 22.6 Å². The van der Waals surface area contributed by atoms with Gasteiger partial charge in [0.1, 0.15) is 11.5 Å². The zero-order valence-electron chi connectivity index (χ0n) is 17.5. The first-order valence-corrected chi connectivity index (χ1v) is 12.8. The smallest absolute Gasteiger partial charge is 0.394 e. The fourth-order valence-electron chi connectivity index (χ4n) is 2.33. The maximum Gasteiger partial charge on any atom is 0.646 e. The predicted octanol–water partition coefficient (Wildman–Crippen LogP) is 6.83. The number of hydrogen-bond donors (Lipinski definition) is 0. The number of allylic oxidation sites excluding steroid dienone is 1. The Bertz CT molecular complexity index is 823. The first-order chi connectivity index (χ1) is 14.2. The predicted molar refractivity (Wildman–Crippen MR) is 117 cm³/mol. The molecule has 0 aliphatic rings. The molecular weight excluding hydrogens is 426 g/mol. The van der Waals surface area contributed by atoms with Gasteiger partial charge in [0.2, 0.25) is 0 Å². The van der Waals surface area contributed by atoms with Gasteiger partial charge in [0.25, 0.3) is 0 Å². The highest BCUT2D eigenvalue weighted by molar-refractivity contribution is 7.54. The number of phosphoric acid groups is 1. The van der Waals surface area contributed by atoms with Crippen LogP contribution in [0.4, 0.5) is 0 Å². The highest BCUT2D eigenvalue weighted by Gasteiger charge is 2.32. The second kappa shape index (κ2) is 11.4. The first kappa shape index (κ1) is 24.2. The minimum absolute atomic E-state index is 0.0555. The van der Waals surface area contributed by atoms with Crippen LogP contribution in [-0.2, 0) is 22.7 Å². The summed E-state index contributed by atoms with van der Waals surface area (Å²) >= 11 is 0. The fraction of sp³-hybridized carbons (Fsp3) is 0.333. The normalized spacial score (nSPS) is 12.5. The average molecular weight is 454 g/mol. The summed E-state index contributed by atoms with van der Waals surface area (Å²) in [6.45, 7) is 7.08. The quantitative estimate of drug-likeness (QED) is 0.257. The van der Waals surface area contributed by atoms with Crippen molar-refractivity contribution in [2.45, 2.75) is 39.9 Å². The third-order valence-corrected chi connectivity index (χ3v) is 6.67. The molecule has 30 heavy (non-hydrogen) atoms. The molecule has 164 valence electrons. The number of benzene rings is 2. The zero-order valence-corrected chi connectivity index (χ0v) is 19.3. The maximum atomic E-state index is 13.2. The standard InChI is InChI=1S/C21H28O7P2/c1-18(2)25-29(22,26-19(3)4)17-11-16-24-30(23,27-20-12-7-5-8-13-20)28-21-14-9-6-10-15-21/h5-16,18-19H,17H2,1-4H3/b16-11+. The van der Waals surface area contributed by atoms with E-state index in [2.05, 4.69) is 0 Å². The van der Waals surface area contributed by atoms with E-state index in [0.717, 1.165) is 6.26 Å². The van der Waals surface area contributed by atoms with E-state index < -0.39 is 15.4 Å². The van der Waals surface area contributed by atoms with E-state index in [9.17, 15) is 9.13 Å². The lowest BCUT2D eigenvalue weighted by atomic mass is 10.3. The highest BCUT2D eigenvalue weighted by atomic mass is 31.2. The zero-order chi connectivity index (χ0) is 22.0. The molecule has 0 radical (unpaired) electrons.